The molecule has 9 heteroatoms. The lowest BCUT2D eigenvalue weighted by atomic mass is 10.2. The smallest absolute Gasteiger partial charge is 0.330 e. The summed E-state index contributed by atoms with van der Waals surface area (Å²) >= 11 is 0. The molecule has 0 bridgehead atoms. The summed E-state index contributed by atoms with van der Waals surface area (Å²) in [5.41, 5.74) is 2.16. The van der Waals surface area contributed by atoms with Crippen molar-refractivity contribution in [3.05, 3.63) is 22.7 Å². The minimum absolute atomic E-state index is 0.00716. The lowest BCUT2D eigenvalue weighted by molar-refractivity contribution is 0.353. The van der Waals surface area contributed by atoms with Crippen molar-refractivity contribution in [1.29, 1.82) is 0 Å². The van der Waals surface area contributed by atoms with Gasteiger partial charge in [0.25, 0.3) is 0 Å². The van der Waals surface area contributed by atoms with Gasteiger partial charge in [-0.1, -0.05) is 0 Å². The summed E-state index contributed by atoms with van der Waals surface area (Å²) in [6, 6.07) is 1.98. The van der Waals surface area contributed by atoms with Gasteiger partial charge < -0.3 is 9.47 Å². The third kappa shape index (κ3) is 2.38. The van der Waals surface area contributed by atoms with E-state index >= 15 is 0 Å². The zero-order chi connectivity index (χ0) is 17.4. The summed E-state index contributed by atoms with van der Waals surface area (Å²) in [6.07, 6.45) is 1.56. The van der Waals surface area contributed by atoms with Crippen molar-refractivity contribution in [3.63, 3.8) is 0 Å². The maximum absolute atomic E-state index is 12.4. The molecule has 24 heavy (non-hydrogen) atoms. The second-order valence-corrected chi connectivity index (χ2v) is 5.52. The predicted octanol–water partition coefficient (Wildman–Crippen LogP) is 1.19. The number of fused-ring (bicyclic) bond motifs is 1. The molecule has 0 N–H and O–H groups in total. The predicted molar refractivity (Wildman–Crippen MR) is 87.3 cm³/mol. The quantitative estimate of drug-likeness (QED) is 0.708. The Morgan fingerprint density at radius 1 is 1.17 bits per heavy atom. The highest BCUT2D eigenvalue weighted by Crippen LogP contribution is 2.28. The average Bonchev–Trinajstić information content (AvgIpc) is 2.84. The van der Waals surface area contributed by atoms with E-state index in [9.17, 15) is 4.79 Å². The highest BCUT2D eigenvalue weighted by molar-refractivity contribution is 5.77. The van der Waals surface area contributed by atoms with Crippen LogP contribution in [-0.4, -0.2) is 43.5 Å². The maximum Gasteiger partial charge on any atom is 0.330 e. The summed E-state index contributed by atoms with van der Waals surface area (Å²) in [7, 11) is 4.66. The first-order valence-electron chi connectivity index (χ1n) is 7.38. The molecule has 0 amide bonds. The lowest BCUT2D eigenvalue weighted by Crippen LogP contribution is -2.23. The molecule has 3 aromatic heterocycles. The Balaban J connectivity index is 2.25. The number of imidazole rings is 1. The second kappa shape index (κ2) is 5.91. The number of methoxy groups -OCH3 is 2. The third-order valence-electron chi connectivity index (χ3n) is 3.73. The van der Waals surface area contributed by atoms with Gasteiger partial charge in [-0.2, -0.15) is 4.98 Å². The van der Waals surface area contributed by atoms with E-state index in [4.69, 9.17) is 9.47 Å². The normalized spacial score (nSPS) is 11.2. The molecular formula is C15H18N6O3. The monoisotopic (exact) mass is 330 g/mol. The van der Waals surface area contributed by atoms with Crippen LogP contribution in [0.1, 0.15) is 19.9 Å². The molecule has 0 aromatic carbocycles. The fourth-order valence-corrected chi connectivity index (χ4v) is 2.56. The van der Waals surface area contributed by atoms with Crippen molar-refractivity contribution < 1.29 is 9.47 Å². The number of ether oxygens (including phenoxy) is 2. The van der Waals surface area contributed by atoms with Gasteiger partial charge in [-0.05, 0) is 19.9 Å². The van der Waals surface area contributed by atoms with Crippen molar-refractivity contribution in [3.8, 4) is 23.1 Å². The molecule has 0 aliphatic carbocycles. The molecule has 3 heterocycles. The Bertz CT molecular complexity index is 960. The molecule has 9 nitrogen and oxygen atoms in total. The first-order chi connectivity index (χ1) is 11.5. The van der Waals surface area contributed by atoms with Gasteiger partial charge in [0, 0.05) is 19.3 Å². The van der Waals surface area contributed by atoms with Gasteiger partial charge in [0.05, 0.1) is 25.3 Å². The summed E-state index contributed by atoms with van der Waals surface area (Å²) in [5.74, 6) is 0.324. The zero-order valence-electron chi connectivity index (χ0n) is 14.1. The number of aromatic nitrogens is 6. The number of nitrogens with zero attached hydrogens (tertiary/aromatic N) is 6. The van der Waals surface area contributed by atoms with Crippen molar-refractivity contribution in [2.45, 2.75) is 19.9 Å². The molecule has 3 rings (SSSR count). The van der Waals surface area contributed by atoms with Crippen LogP contribution in [0.25, 0.3) is 22.4 Å². The fourth-order valence-electron chi connectivity index (χ4n) is 2.56. The van der Waals surface area contributed by atoms with E-state index in [2.05, 4.69) is 20.2 Å². The number of rotatable bonds is 4. The molecule has 0 spiro atoms. The number of hydrogen-bond acceptors (Lipinski definition) is 7. The van der Waals surface area contributed by atoms with E-state index in [1.54, 1.807) is 23.9 Å². The Kier molecular flexibility index (Phi) is 3.92. The molecule has 3 aromatic rings. The minimum Gasteiger partial charge on any atom is -0.480 e. The van der Waals surface area contributed by atoms with Gasteiger partial charge in [0.15, 0.2) is 5.65 Å². The third-order valence-corrected chi connectivity index (χ3v) is 3.73. The molecule has 0 fully saturated rings. The second-order valence-electron chi connectivity index (χ2n) is 5.52. The van der Waals surface area contributed by atoms with Crippen LogP contribution in [0.3, 0.4) is 0 Å². The Hall–Kier alpha value is -2.97. The van der Waals surface area contributed by atoms with Gasteiger partial charge in [-0.15, -0.1) is 10.2 Å². The maximum atomic E-state index is 12.4. The number of aryl methyl sites for hydroxylation is 1. The van der Waals surface area contributed by atoms with Crippen LogP contribution in [-0.2, 0) is 7.05 Å². The lowest BCUT2D eigenvalue weighted by Gasteiger charge is -2.09. The molecule has 0 aliphatic rings. The van der Waals surface area contributed by atoms with Gasteiger partial charge >= 0.3 is 11.7 Å². The van der Waals surface area contributed by atoms with Crippen molar-refractivity contribution in [2.24, 2.45) is 7.05 Å². The van der Waals surface area contributed by atoms with E-state index < -0.39 is 0 Å². The van der Waals surface area contributed by atoms with E-state index in [1.807, 2.05) is 13.8 Å². The molecule has 0 atom stereocenters. The molecular weight excluding hydrogens is 312 g/mol. The number of hydrogen-bond donors (Lipinski definition) is 0. The zero-order valence-corrected chi connectivity index (χ0v) is 14.1. The van der Waals surface area contributed by atoms with Crippen LogP contribution >= 0.6 is 0 Å². The standard InChI is InChI=1S/C15H18N6O3/c1-8(2)21-11-6-10(18-19-12(11)20(3)15(21)22)9-7-16-14(24-5)17-13(9)23-4/h6-8H,1-5H3. The van der Waals surface area contributed by atoms with Crippen molar-refractivity contribution in [1.82, 2.24) is 29.3 Å². The Labute approximate surface area is 137 Å². The molecule has 0 saturated heterocycles. The summed E-state index contributed by atoms with van der Waals surface area (Å²) in [6.45, 7) is 3.88. The summed E-state index contributed by atoms with van der Waals surface area (Å²) in [5, 5.41) is 8.38. The Morgan fingerprint density at radius 3 is 2.54 bits per heavy atom. The molecule has 0 unspecified atom stereocenters. The SMILES string of the molecule is COc1ncc(-c2cc3c(nn2)n(C)c(=O)n3C(C)C)c(OC)n1. The molecule has 0 saturated carbocycles. The van der Waals surface area contributed by atoms with Gasteiger partial charge in [-0.25, -0.2) is 9.78 Å². The van der Waals surface area contributed by atoms with Crippen LogP contribution in [0.2, 0.25) is 0 Å². The topological polar surface area (TPSA) is 97.0 Å². The van der Waals surface area contributed by atoms with Crippen molar-refractivity contribution >= 4 is 11.2 Å². The largest absolute Gasteiger partial charge is 0.480 e. The van der Waals surface area contributed by atoms with E-state index in [0.29, 0.717) is 28.3 Å². The fraction of sp³-hybridized carbons (Fsp3) is 0.400. The van der Waals surface area contributed by atoms with Crippen LogP contribution in [0.4, 0.5) is 0 Å². The average molecular weight is 330 g/mol. The first kappa shape index (κ1) is 15.9. The Morgan fingerprint density at radius 2 is 1.92 bits per heavy atom. The molecule has 0 radical (unpaired) electrons. The van der Waals surface area contributed by atoms with Gasteiger partial charge in [-0.3, -0.25) is 9.13 Å². The molecule has 126 valence electrons. The van der Waals surface area contributed by atoms with Crippen LogP contribution in [0, 0.1) is 0 Å². The van der Waals surface area contributed by atoms with Crippen LogP contribution in [0.15, 0.2) is 17.1 Å². The van der Waals surface area contributed by atoms with E-state index in [-0.39, 0.29) is 17.7 Å². The minimum atomic E-state index is -0.135. The summed E-state index contributed by atoms with van der Waals surface area (Å²) < 4.78 is 13.4. The van der Waals surface area contributed by atoms with Crippen molar-refractivity contribution in [2.75, 3.05) is 14.2 Å². The van der Waals surface area contributed by atoms with E-state index in [0.717, 1.165) is 0 Å². The van der Waals surface area contributed by atoms with Crippen LogP contribution < -0.4 is 15.2 Å². The highest BCUT2D eigenvalue weighted by atomic mass is 16.5. The van der Waals surface area contributed by atoms with Gasteiger partial charge in [0.2, 0.25) is 5.88 Å². The first-order valence-corrected chi connectivity index (χ1v) is 7.38. The highest BCUT2D eigenvalue weighted by Gasteiger charge is 2.18. The molecule has 0 aliphatic heterocycles. The summed E-state index contributed by atoms with van der Waals surface area (Å²) in [4.78, 5) is 20.6. The van der Waals surface area contributed by atoms with Crippen LogP contribution in [0.5, 0.6) is 11.9 Å². The van der Waals surface area contributed by atoms with E-state index in [1.165, 1.54) is 18.8 Å². The van der Waals surface area contributed by atoms with Gasteiger partial charge in [0.1, 0.15) is 5.69 Å².